The summed E-state index contributed by atoms with van der Waals surface area (Å²) in [6.45, 7) is 2.64. The van der Waals surface area contributed by atoms with Crippen molar-refractivity contribution in [3.63, 3.8) is 0 Å². The first-order valence-electron chi connectivity index (χ1n) is 7.93. The van der Waals surface area contributed by atoms with Crippen LogP contribution in [0.5, 0.6) is 0 Å². The molecule has 5 nitrogen and oxygen atoms in total. The van der Waals surface area contributed by atoms with E-state index in [0.717, 1.165) is 25.0 Å². The van der Waals surface area contributed by atoms with Crippen molar-refractivity contribution in [3.8, 4) is 0 Å². The zero-order valence-corrected chi connectivity index (χ0v) is 15.0. The second kappa shape index (κ2) is 8.35. The summed E-state index contributed by atoms with van der Waals surface area (Å²) < 4.78 is 38.7. The molecule has 0 aliphatic carbocycles. The molecule has 0 aliphatic rings. The van der Waals surface area contributed by atoms with E-state index in [-0.39, 0.29) is 28.1 Å². The summed E-state index contributed by atoms with van der Waals surface area (Å²) in [5, 5.41) is 2.33. The molecule has 2 rings (SSSR count). The standard InChI is InChI=1S/C17H18ClF3N4O/c1-3-4-7-25(2)16(26)14-9-23-15(10-22-14)24-11-5-6-13(18)12(8-11)17(19,20)21/h5-6,8-10H,3-4,7H2,1-2H3,(H,23,24). The van der Waals surface area contributed by atoms with Crippen LogP contribution < -0.4 is 5.32 Å². The van der Waals surface area contributed by atoms with Gasteiger partial charge in [-0.2, -0.15) is 13.2 Å². The molecule has 0 radical (unpaired) electrons. The quantitative estimate of drug-likeness (QED) is 0.777. The maximum absolute atomic E-state index is 12.9. The Kier molecular flexibility index (Phi) is 6.42. The molecular formula is C17H18ClF3N4O. The SMILES string of the molecule is CCCCN(C)C(=O)c1cnc(Nc2ccc(Cl)c(C(F)(F)F)c2)cn1. The van der Waals surface area contributed by atoms with E-state index in [2.05, 4.69) is 15.3 Å². The number of amides is 1. The van der Waals surface area contributed by atoms with Gasteiger partial charge in [0.05, 0.1) is 23.0 Å². The van der Waals surface area contributed by atoms with E-state index in [9.17, 15) is 18.0 Å². The zero-order valence-electron chi connectivity index (χ0n) is 14.3. The largest absolute Gasteiger partial charge is 0.417 e. The average molecular weight is 387 g/mol. The zero-order chi connectivity index (χ0) is 19.3. The number of carbonyl (C=O) groups excluding carboxylic acids is 1. The Morgan fingerprint density at radius 3 is 2.58 bits per heavy atom. The number of anilines is 2. The number of nitrogens with zero attached hydrogens (tertiary/aromatic N) is 3. The highest BCUT2D eigenvalue weighted by molar-refractivity contribution is 6.31. The lowest BCUT2D eigenvalue weighted by atomic mass is 10.2. The van der Waals surface area contributed by atoms with Crippen LogP contribution in [0.3, 0.4) is 0 Å². The summed E-state index contributed by atoms with van der Waals surface area (Å²) >= 11 is 5.59. The molecule has 26 heavy (non-hydrogen) atoms. The molecule has 0 bridgehead atoms. The Bertz CT molecular complexity index is 766. The van der Waals surface area contributed by atoms with Gasteiger partial charge in [0, 0.05) is 19.3 Å². The fourth-order valence-electron chi connectivity index (χ4n) is 2.16. The first kappa shape index (κ1) is 20.0. The molecule has 0 atom stereocenters. The monoisotopic (exact) mass is 386 g/mol. The van der Waals surface area contributed by atoms with Gasteiger partial charge >= 0.3 is 6.18 Å². The van der Waals surface area contributed by atoms with E-state index in [0.29, 0.717) is 6.54 Å². The predicted octanol–water partition coefficient (Wildman–Crippen LogP) is 4.76. The van der Waals surface area contributed by atoms with E-state index in [1.807, 2.05) is 6.92 Å². The molecule has 0 saturated heterocycles. The van der Waals surface area contributed by atoms with Gasteiger partial charge in [0.15, 0.2) is 0 Å². The van der Waals surface area contributed by atoms with Gasteiger partial charge in [-0.05, 0) is 24.6 Å². The Labute approximate surface area is 154 Å². The minimum absolute atomic E-state index is 0.162. The van der Waals surface area contributed by atoms with Gasteiger partial charge in [0.1, 0.15) is 11.5 Å². The minimum Gasteiger partial charge on any atom is -0.340 e. The van der Waals surface area contributed by atoms with Crippen LogP contribution >= 0.6 is 11.6 Å². The third kappa shape index (κ3) is 5.08. The van der Waals surface area contributed by atoms with Crippen LogP contribution in [0.2, 0.25) is 5.02 Å². The van der Waals surface area contributed by atoms with Crippen LogP contribution in [0.1, 0.15) is 35.8 Å². The van der Waals surface area contributed by atoms with Gasteiger partial charge < -0.3 is 10.2 Å². The van der Waals surface area contributed by atoms with Crippen molar-refractivity contribution < 1.29 is 18.0 Å². The van der Waals surface area contributed by atoms with Crippen LogP contribution in [0.4, 0.5) is 24.7 Å². The highest BCUT2D eigenvalue weighted by Gasteiger charge is 2.33. The lowest BCUT2D eigenvalue weighted by Crippen LogP contribution is -2.28. The Balaban J connectivity index is 2.11. The topological polar surface area (TPSA) is 58.1 Å². The van der Waals surface area contributed by atoms with Crippen LogP contribution in [-0.4, -0.2) is 34.4 Å². The van der Waals surface area contributed by atoms with E-state index in [4.69, 9.17) is 11.6 Å². The van der Waals surface area contributed by atoms with Gasteiger partial charge in [0.2, 0.25) is 0 Å². The molecule has 0 aliphatic heterocycles. The summed E-state index contributed by atoms with van der Waals surface area (Å²) in [4.78, 5) is 21.8. The number of aromatic nitrogens is 2. The maximum Gasteiger partial charge on any atom is 0.417 e. The second-order valence-electron chi connectivity index (χ2n) is 5.68. The number of unbranched alkanes of at least 4 members (excludes halogenated alkanes) is 1. The average Bonchev–Trinajstić information content (AvgIpc) is 2.60. The molecule has 0 saturated carbocycles. The molecule has 140 valence electrons. The number of halogens is 4. The van der Waals surface area contributed by atoms with Crippen LogP contribution in [0.25, 0.3) is 0 Å². The minimum atomic E-state index is -4.56. The molecular weight excluding hydrogens is 369 g/mol. The van der Waals surface area contributed by atoms with Crippen LogP contribution in [-0.2, 0) is 6.18 Å². The van der Waals surface area contributed by atoms with Crippen LogP contribution in [0, 0.1) is 0 Å². The van der Waals surface area contributed by atoms with Gasteiger partial charge in [-0.3, -0.25) is 4.79 Å². The fourth-order valence-corrected chi connectivity index (χ4v) is 2.39. The molecule has 9 heteroatoms. The first-order valence-corrected chi connectivity index (χ1v) is 8.31. The summed E-state index contributed by atoms with van der Waals surface area (Å²) in [6, 6.07) is 3.44. The third-order valence-electron chi connectivity index (χ3n) is 3.61. The van der Waals surface area contributed by atoms with Gasteiger partial charge in [-0.25, -0.2) is 9.97 Å². The Morgan fingerprint density at radius 2 is 2.00 bits per heavy atom. The number of hydrogen-bond acceptors (Lipinski definition) is 4. The lowest BCUT2D eigenvalue weighted by Gasteiger charge is -2.16. The van der Waals surface area contributed by atoms with Crippen molar-refractivity contribution in [2.45, 2.75) is 25.9 Å². The summed E-state index contributed by atoms with van der Waals surface area (Å²) in [5.74, 6) is -0.0449. The normalized spacial score (nSPS) is 11.3. The van der Waals surface area contributed by atoms with Crippen molar-refractivity contribution in [1.82, 2.24) is 14.9 Å². The molecule has 1 aromatic carbocycles. The van der Waals surface area contributed by atoms with E-state index in [1.165, 1.54) is 18.5 Å². The Morgan fingerprint density at radius 1 is 1.27 bits per heavy atom. The molecule has 1 N–H and O–H groups in total. The molecule has 1 aromatic heterocycles. The van der Waals surface area contributed by atoms with Gasteiger partial charge in [0.25, 0.3) is 5.91 Å². The highest BCUT2D eigenvalue weighted by atomic mass is 35.5. The van der Waals surface area contributed by atoms with E-state index >= 15 is 0 Å². The van der Waals surface area contributed by atoms with Crippen molar-refractivity contribution >= 4 is 29.0 Å². The maximum atomic E-state index is 12.9. The molecule has 0 fully saturated rings. The first-order chi connectivity index (χ1) is 12.2. The number of hydrogen-bond donors (Lipinski definition) is 1. The number of nitrogens with one attached hydrogen (secondary N) is 1. The number of rotatable bonds is 6. The lowest BCUT2D eigenvalue weighted by molar-refractivity contribution is -0.137. The van der Waals surface area contributed by atoms with Crippen molar-refractivity contribution in [2.75, 3.05) is 18.9 Å². The van der Waals surface area contributed by atoms with E-state index in [1.54, 1.807) is 11.9 Å². The predicted molar refractivity (Wildman–Crippen MR) is 93.6 cm³/mol. The molecule has 0 spiro atoms. The summed E-state index contributed by atoms with van der Waals surface area (Å²) in [6.07, 6.45) is -0.128. The molecule has 2 aromatic rings. The fraction of sp³-hybridized carbons (Fsp3) is 0.353. The van der Waals surface area contributed by atoms with Crippen molar-refractivity contribution in [3.05, 3.63) is 46.9 Å². The number of carbonyl (C=O) groups is 1. The smallest absolute Gasteiger partial charge is 0.340 e. The third-order valence-corrected chi connectivity index (χ3v) is 3.94. The molecule has 1 amide bonds. The van der Waals surface area contributed by atoms with Gasteiger partial charge in [-0.15, -0.1) is 0 Å². The number of benzene rings is 1. The van der Waals surface area contributed by atoms with Gasteiger partial charge in [-0.1, -0.05) is 24.9 Å². The van der Waals surface area contributed by atoms with Crippen molar-refractivity contribution in [1.29, 1.82) is 0 Å². The second-order valence-corrected chi connectivity index (χ2v) is 6.09. The highest BCUT2D eigenvalue weighted by Crippen LogP contribution is 2.36. The summed E-state index contributed by atoms with van der Waals surface area (Å²) in [7, 11) is 1.68. The summed E-state index contributed by atoms with van der Waals surface area (Å²) in [5.41, 5.74) is -0.613. The Hall–Kier alpha value is -2.35. The van der Waals surface area contributed by atoms with Crippen LogP contribution in [0.15, 0.2) is 30.6 Å². The van der Waals surface area contributed by atoms with Crippen molar-refractivity contribution in [2.24, 2.45) is 0 Å². The molecule has 1 heterocycles. The van der Waals surface area contributed by atoms with E-state index < -0.39 is 11.7 Å². The molecule has 0 unspecified atom stereocenters. The number of alkyl halides is 3.